The molecule has 6 atom stereocenters. The van der Waals surface area contributed by atoms with E-state index in [4.69, 9.17) is 9.47 Å². The zero-order valence-electron chi connectivity index (χ0n) is 15.1. The Bertz CT molecular complexity index is 825. The number of carbonyl (C=O) groups is 3. The van der Waals surface area contributed by atoms with Crippen LogP contribution in [-0.4, -0.2) is 31.9 Å². The monoisotopic (exact) mass is 354 g/mol. The first-order valence-corrected chi connectivity index (χ1v) is 8.96. The SMILES string of the molecule is COC(=O)[C@H]1[C@H]2C=C[C@H](C2)[C@]1(C(=O)OC)[C@@H]1C(=O)c2ccccc2[C@H]1C. The average molecular weight is 354 g/mol. The van der Waals surface area contributed by atoms with Crippen molar-refractivity contribution in [2.75, 3.05) is 14.2 Å². The second kappa shape index (κ2) is 5.79. The van der Waals surface area contributed by atoms with E-state index in [9.17, 15) is 14.4 Å². The summed E-state index contributed by atoms with van der Waals surface area (Å²) in [6.45, 7) is 1.96. The zero-order valence-corrected chi connectivity index (χ0v) is 15.1. The van der Waals surface area contributed by atoms with Crippen molar-refractivity contribution in [1.29, 1.82) is 0 Å². The second-order valence-electron chi connectivity index (χ2n) is 7.53. The summed E-state index contributed by atoms with van der Waals surface area (Å²) in [7, 11) is 2.65. The van der Waals surface area contributed by atoms with E-state index in [0.717, 1.165) is 5.56 Å². The van der Waals surface area contributed by atoms with E-state index in [1.165, 1.54) is 14.2 Å². The summed E-state index contributed by atoms with van der Waals surface area (Å²) in [4.78, 5) is 39.2. The molecule has 1 fully saturated rings. The van der Waals surface area contributed by atoms with Gasteiger partial charge in [0.15, 0.2) is 5.78 Å². The van der Waals surface area contributed by atoms with Gasteiger partial charge >= 0.3 is 11.9 Å². The molecular weight excluding hydrogens is 332 g/mol. The van der Waals surface area contributed by atoms with Gasteiger partial charge in [-0.3, -0.25) is 14.4 Å². The molecule has 0 radical (unpaired) electrons. The minimum Gasteiger partial charge on any atom is -0.469 e. The fourth-order valence-corrected chi connectivity index (χ4v) is 5.74. The normalized spacial score (nSPS) is 36.9. The highest BCUT2D eigenvalue weighted by Crippen LogP contribution is 2.65. The molecule has 3 aliphatic carbocycles. The van der Waals surface area contributed by atoms with Crippen molar-refractivity contribution in [2.24, 2.45) is 29.1 Å². The second-order valence-corrected chi connectivity index (χ2v) is 7.53. The average Bonchev–Trinajstić information content (AvgIpc) is 3.33. The van der Waals surface area contributed by atoms with Gasteiger partial charge in [0.25, 0.3) is 0 Å². The van der Waals surface area contributed by atoms with Gasteiger partial charge in [0.1, 0.15) is 0 Å². The van der Waals surface area contributed by atoms with Crippen LogP contribution in [0, 0.1) is 29.1 Å². The fourth-order valence-electron chi connectivity index (χ4n) is 5.74. The first-order chi connectivity index (χ1) is 12.5. The van der Waals surface area contributed by atoms with E-state index in [-0.39, 0.29) is 23.5 Å². The third kappa shape index (κ3) is 1.89. The number of rotatable bonds is 3. The van der Waals surface area contributed by atoms with E-state index >= 15 is 0 Å². The molecule has 5 heteroatoms. The van der Waals surface area contributed by atoms with Gasteiger partial charge in [0.2, 0.25) is 0 Å². The van der Waals surface area contributed by atoms with Gasteiger partial charge in [-0.1, -0.05) is 43.3 Å². The summed E-state index contributed by atoms with van der Waals surface area (Å²) < 4.78 is 10.2. The summed E-state index contributed by atoms with van der Waals surface area (Å²) in [5.74, 6) is -2.79. The molecule has 1 aromatic rings. The summed E-state index contributed by atoms with van der Waals surface area (Å²) in [5, 5.41) is 0. The maximum atomic E-state index is 13.4. The van der Waals surface area contributed by atoms with Crippen LogP contribution in [0.4, 0.5) is 0 Å². The smallest absolute Gasteiger partial charge is 0.314 e. The quantitative estimate of drug-likeness (QED) is 0.617. The Labute approximate surface area is 152 Å². The van der Waals surface area contributed by atoms with Crippen molar-refractivity contribution in [3.05, 3.63) is 47.5 Å². The molecular formula is C21H22O5. The molecule has 0 amide bonds. The van der Waals surface area contributed by atoms with Crippen molar-refractivity contribution in [2.45, 2.75) is 19.3 Å². The highest BCUT2D eigenvalue weighted by molar-refractivity contribution is 6.07. The van der Waals surface area contributed by atoms with Crippen LogP contribution in [0.1, 0.15) is 35.2 Å². The number of ketones is 1. The van der Waals surface area contributed by atoms with Crippen LogP contribution in [0.5, 0.6) is 0 Å². The third-order valence-electron chi connectivity index (χ3n) is 6.68. The molecule has 1 saturated carbocycles. The first kappa shape index (κ1) is 17.0. The summed E-state index contributed by atoms with van der Waals surface area (Å²) in [6, 6.07) is 7.46. The predicted molar refractivity (Wildman–Crippen MR) is 93.4 cm³/mol. The molecule has 2 bridgehead atoms. The lowest BCUT2D eigenvalue weighted by molar-refractivity contribution is -0.172. The lowest BCUT2D eigenvalue weighted by atomic mass is 9.57. The lowest BCUT2D eigenvalue weighted by Gasteiger charge is -2.43. The highest BCUT2D eigenvalue weighted by Gasteiger charge is 2.70. The Morgan fingerprint density at radius 2 is 1.85 bits per heavy atom. The molecule has 0 N–H and O–H groups in total. The number of Topliss-reactive ketones (excluding diaryl/α,β-unsaturated/α-hetero) is 1. The highest BCUT2D eigenvalue weighted by atomic mass is 16.5. The molecule has 1 aromatic carbocycles. The molecule has 0 spiro atoms. The Kier molecular flexibility index (Phi) is 3.79. The van der Waals surface area contributed by atoms with Crippen molar-refractivity contribution in [3.63, 3.8) is 0 Å². The largest absolute Gasteiger partial charge is 0.469 e. The molecule has 3 aliphatic rings. The topological polar surface area (TPSA) is 69.7 Å². The molecule has 5 nitrogen and oxygen atoms in total. The number of esters is 2. The van der Waals surface area contributed by atoms with Crippen molar-refractivity contribution >= 4 is 17.7 Å². The van der Waals surface area contributed by atoms with E-state index in [1.54, 1.807) is 6.07 Å². The molecule has 136 valence electrons. The summed E-state index contributed by atoms with van der Waals surface area (Å²) >= 11 is 0. The van der Waals surface area contributed by atoms with Crippen LogP contribution in [-0.2, 0) is 19.1 Å². The summed E-state index contributed by atoms with van der Waals surface area (Å²) in [6.07, 6.45) is 4.62. The van der Waals surface area contributed by atoms with Gasteiger partial charge in [0.05, 0.1) is 25.6 Å². The number of methoxy groups -OCH3 is 2. The van der Waals surface area contributed by atoms with Crippen molar-refractivity contribution in [1.82, 2.24) is 0 Å². The van der Waals surface area contributed by atoms with E-state index in [2.05, 4.69) is 0 Å². The van der Waals surface area contributed by atoms with Gasteiger partial charge in [-0.15, -0.1) is 0 Å². The number of hydrogen-bond acceptors (Lipinski definition) is 5. The van der Waals surface area contributed by atoms with Gasteiger partial charge < -0.3 is 9.47 Å². The summed E-state index contributed by atoms with van der Waals surface area (Å²) in [5.41, 5.74) is 0.362. The molecule has 0 saturated heterocycles. The van der Waals surface area contributed by atoms with Crippen LogP contribution in [0.2, 0.25) is 0 Å². The van der Waals surface area contributed by atoms with Crippen molar-refractivity contribution < 1.29 is 23.9 Å². The molecule has 0 aliphatic heterocycles. The van der Waals surface area contributed by atoms with Crippen LogP contribution < -0.4 is 0 Å². The van der Waals surface area contributed by atoms with Gasteiger partial charge in [0, 0.05) is 11.5 Å². The van der Waals surface area contributed by atoms with E-state index in [0.29, 0.717) is 12.0 Å². The van der Waals surface area contributed by atoms with E-state index in [1.807, 2.05) is 37.3 Å². The lowest BCUT2D eigenvalue weighted by Crippen LogP contribution is -2.54. The maximum absolute atomic E-state index is 13.4. The zero-order chi connectivity index (χ0) is 18.6. The predicted octanol–water partition coefficient (Wildman–Crippen LogP) is 2.76. The number of benzene rings is 1. The van der Waals surface area contributed by atoms with Gasteiger partial charge in [-0.05, 0) is 29.7 Å². The van der Waals surface area contributed by atoms with Gasteiger partial charge in [-0.2, -0.15) is 0 Å². The Morgan fingerprint density at radius 1 is 1.12 bits per heavy atom. The van der Waals surface area contributed by atoms with Crippen LogP contribution in [0.3, 0.4) is 0 Å². The number of carbonyl (C=O) groups excluding carboxylic acids is 3. The molecule has 0 heterocycles. The minimum absolute atomic E-state index is 0.0756. The minimum atomic E-state index is -1.21. The molecule has 0 unspecified atom stereocenters. The van der Waals surface area contributed by atoms with Crippen LogP contribution in [0.15, 0.2) is 36.4 Å². The Hall–Kier alpha value is -2.43. The number of ether oxygens (including phenoxy) is 2. The fraction of sp³-hybridized carbons (Fsp3) is 0.476. The van der Waals surface area contributed by atoms with Gasteiger partial charge in [-0.25, -0.2) is 0 Å². The molecule has 26 heavy (non-hydrogen) atoms. The third-order valence-corrected chi connectivity index (χ3v) is 6.68. The van der Waals surface area contributed by atoms with Crippen molar-refractivity contribution in [3.8, 4) is 0 Å². The number of hydrogen-bond donors (Lipinski definition) is 0. The van der Waals surface area contributed by atoms with Crippen LogP contribution in [0.25, 0.3) is 0 Å². The number of fused-ring (bicyclic) bond motifs is 3. The first-order valence-electron chi connectivity index (χ1n) is 8.96. The standard InChI is InChI=1S/C21H22O5/c1-11-14-6-4-5-7-15(14)18(22)16(11)21(20(24)26-3)13-9-8-12(10-13)17(21)19(23)25-2/h4-9,11-13,16-17H,10H2,1-3H3/t11-,12+,13-,16+,17-,21+/m1/s1. The Morgan fingerprint density at radius 3 is 2.50 bits per heavy atom. The molecule has 0 aromatic heterocycles. The molecule has 4 rings (SSSR count). The van der Waals surface area contributed by atoms with Crippen LogP contribution >= 0.6 is 0 Å². The number of allylic oxidation sites excluding steroid dienone is 2. The van der Waals surface area contributed by atoms with E-state index < -0.39 is 29.2 Å². The Balaban J connectivity index is 1.92. The maximum Gasteiger partial charge on any atom is 0.314 e.